The van der Waals surface area contributed by atoms with Crippen LogP contribution in [0.5, 0.6) is 11.5 Å². The number of morpholine rings is 1. The lowest BCUT2D eigenvalue weighted by Crippen LogP contribution is -2.37. The van der Waals surface area contributed by atoms with Crippen LogP contribution in [0.1, 0.15) is 61.4 Å². The topological polar surface area (TPSA) is 102 Å². The Morgan fingerprint density at radius 2 is 1.72 bits per heavy atom. The molecule has 1 fully saturated rings. The maximum Gasteiger partial charge on any atom is 0.241 e. The highest BCUT2D eigenvalue weighted by molar-refractivity contribution is 7.12. The normalized spacial score (nSPS) is 15.4. The Hall–Kier alpha value is -3.14. The molecular formula is C30H40N4O4S. The maximum atomic E-state index is 8.88. The molecule has 1 saturated heterocycles. The van der Waals surface area contributed by atoms with Gasteiger partial charge in [0.25, 0.3) is 0 Å². The molecule has 1 aromatic heterocycles. The van der Waals surface area contributed by atoms with Gasteiger partial charge in [-0.1, -0.05) is 32.3 Å². The summed E-state index contributed by atoms with van der Waals surface area (Å²) < 4.78 is 17.9. The molecule has 9 heteroatoms. The van der Waals surface area contributed by atoms with Gasteiger partial charge in [0.2, 0.25) is 6.29 Å². The lowest BCUT2D eigenvalue weighted by Gasteiger charge is -2.26. The first-order chi connectivity index (χ1) is 19.0. The van der Waals surface area contributed by atoms with Crippen LogP contribution in [0.2, 0.25) is 0 Å². The van der Waals surface area contributed by atoms with E-state index in [2.05, 4.69) is 43.0 Å². The van der Waals surface area contributed by atoms with Crippen LogP contribution < -0.4 is 15.2 Å². The van der Waals surface area contributed by atoms with E-state index >= 15 is 0 Å². The second-order valence-corrected chi connectivity index (χ2v) is 11.1. The number of aromatic nitrogens is 1. The Morgan fingerprint density at radius 1 is 1.08 bits per heavy atom. The Bertz CT molecular complexity index is 1190. The van der Waals surface area contributed by atoms with E-state index in [9.17, 15) is 0 Å². The van der Waals surface area contributed by atoms with E-state index in [0.29, 0.717) is 17.2 Å². The van der Waals surface area contributed by atoms with Gasteiger partial charge in [-0.15, -0.1) is 11.3 Å². The molecule has 1 unspecified atom stereocenters. The molecule has 3 N–H and O–H groups in total. The number of nitrogens with zero attached hydrogens (tertiary/aromatic N) is 3. The third kappa shape index (κ3) is 8.17. The fourth-order valence-electron chi connectivity index (χ4n) is 4.37. The van der Waals surface area contributed by atoms with Gasteiger partial charge >= 0.3 is 0 Å². The number of thiazole rings is 1. The average molecular weight is 553 g/mol. The molecule has 0 amide bonds. The Morgan fingerprint density at radius 3 is 2.31 bits per heavy atom. The Balaban J connectivity index is 1.45. The van der Waals surface area contributed by atoms with Crippen molar-refractivity contribution in [3.05, 3.63) is 64.0 Å². The number of amidine groups is 1. The molecule has 39 heavy (non-hydrogen) atoms. The summed E-state index contributed by atoms with van der Waals surface area (Å²) in [5.74, 6) is 1.87. The van der Waals surface area contributed by atoms with Gasteiger partial charge in [-0.25, -0.2) is 4.98 Å². The number of nitrogens with two attached hydrogens (primary N) is 1. The minimum atomic E-state index is -0.429. The summed E-state index contributed by atoms with van der Waals surface area (Å²) in [5, 5.41) is 13.1. The largest absolute Gasteiger partial charge is 0.455 e. The minimum Gasteiger partial charge on any atom is -0.455 e. The molecule has 2 heterocycles. The Labute approximate surface area is 235 Å². The quantitative estimate of drug-likeness (QED) is 0.0898. The summed E-state index contributed by atoms with van der Waals surface area (Å²) in [4.78, 5) is 8.84. The average Bonchev–Trinajstić information content (AvgIpc) is 3.40. The van der Waals surface area contributed by atoms with Crippen LogP contribution in [0.3, 0.4) is 0 Å². The van der Waals surface area contributed by atoms with Crippen molar-refractivity contribution in [1.82, 2.24) is 9.88 Å². The van der Waals surface area contributed by atoms with E-state index in [1.54, 1.807) is 24.3 Å². The minimum absolute atomic E-state index is 0.0605. The van der Waals surface area contributed by atoms with E-state index in [-0.39, 0.29) is 5.84 Å². The molecule has 1 aliphatic heterocycles. The Kier molecular flexibility index (Phi) is 10.6. The zero-order valence-electron chi connectivity index (χ0n) is 23.1. The second-order valence-electron chi connectivity index (χ2n) is 10.0. The van der Waals surface area contributed by atoms with Gasteiger partial charge in [0, 0.05) is 48.0 Å². The fourth-order valence-corrected chi connectivity index (χ4v) is 5.44. The highest BCUT2D eigenvalue weighted by Crippen LogP contribution is 2.33. The zero-order chi connectivity index (χ0) is 27.6. The first-order valence-electron chi connectivity index (χ1n) is 13.8. The first kappa shape index (κ1) is 28.9. The predicted molar refractivity (Wildman–Crippen MR) is 156 cm³/mol. The van der Waals surface area contributed by atoms with Crippen molar-refractivity contribution < 1.29 is 19.4 Å². The molecule has 0 saturated carbocycles. The molecule has 2 aromatic carbocycles. The number of ether oxygens (including phenoxy) is 3. The van der Waals surface area contributed by atoms with Crippen LogP contribution in [0.25, 0.3) is 11.3 Å². The van der Waals surface area contributed by atoms with E-state index < -0.39 is 6.29 Å². The molecule has 3 aromatic rings. The number of oxime groups is 1. The highest BCUT2D eigenvalue weighted by Gasteiger charge is 2.18. The van der Waals surface area contributed by atoms with Crippen molar-refractivity contribution in [1.29, 1.82) is 0 Å². The molecular weight excluding hydrogens is 512 g/mol. The van der Waals surface area contributed by atoms with Crippen molar-refractivity contribution in [2.45, 2.75) is 58.7 Å². The summed E-state index contributed by atoms with van der Waals surface area (Å²) >= 11 is 1.83. The number of hydrogen-bond donors (Lipinski definition) is 2. The van der Waals surface area contributed by atoms with Crippen LogP contribution in [-0.4, -0.2) is 60.1 Å². The van der Waals surface area contributed by atoms with Crippen LogP contribution in [0, 0.1) is 0 Å². The number of rotatable bonds is 13. The van der Waals surface area contributed by atoms with Gasteiger partial charge in [0.1, 0.15) is 11.5 Å². The van der Waals surface area contributed by atoms with Gasteiger partial charge in [-0.2, -0.15) is 0 Å². The fraction of sp³-hybridized carbons (Fsp3) is 0.467. The molecule has 210 valence electrons. The van der Waals surface area contributed by atoms with Crippen LogP contribution in [0.4, 0.5) is 0 Å². The van der Waals surface area contributed by atoms with Crippen molar-refractivity contribution in [3.8, 4) is 22.8 Å². The third-order valence-corrected chi connectivity index (χ3v) is 8.10. The number of hydrogen-bond acceptors (Lipinski definition) is 8. The summed E-state index contributed by atoms with van der Waals surface area (Å²) in [6, 6.07) is 15.3. The van der Waals surface area contributed by atoms with Crippen molar-refractivity contribution in [3.63, 3.8) is 0 Å². The van der Waals surface area contributed by atoms with E-state index in [0.717, 1.165) is 75.5 Å². The van der Waals surface area contributed by atoms with Gasteiger partial charge in [0.05, 0.1) is 23.9 Å². The van der Waals surface area contributed by atoms with Crippen molar-refractivity contribution in [2.24, 2.45) is 10.9 Å². The monoisotopic (exact) mass is 552 g/mol. The molecule has 8 nitrogen and oxygen atoms in total. The lowest BCUT2D eigenvalue weighted by molar-refractivity contribution is -0.00211. The smallest absolute Gasteiger partial charge is 0.241 e. The first-order valence-corrected chi connectivity index (χ1v) is 14.6. The standard InChI is InChI=1S/C30H40N4O4S/c1-4-5-6-27(38-25-13-9-23(10-14-25)29(31)33-35)37-24-11-7-22(8-12-24)28-26(39-30(32-28)21(2)3)15-16-34-17-19-36-20-18-34/h7-14,21,27,35H,4-6,15-20H2,1-3H3,(H2,31,33). The molecule has 0 spiro atoms. The summed E-state index contributed by atoms with van der Waals surface area (Å²) in [6.07, 6.45) is 3.34. The van der Waals surface area contributed by atoms with E-state index in [1.165, 1.54) is 9.88 Å². The molecule has 1 atom stereocenters. The summed E-state index contributed by atoms with van der Waals surface area (Å²) in [5.41, 5.74) is 8.47. The van der Waals surface area contributed by atoms with Crippen LogP contribution >= 0.6 is 11.3 Å². The highest BCUT2D eigenvalue weighted by atomic mass is 32.1. The zero-order valence-corrected chi connectivity index (χ0v) is 24.0. The van der Waals surface area contributed by atoms with E-state index in [4.69, 9.17) is 30.1 Å². The number of unbranched alkanes of at least 4 members (excludes halogenated alkanes) is 1. The summed E-state index contributed by atoms with van der Waals surface area (Å²) in [7, 11) is 0. The maximum absolute atomic E-state index is 8.88. The molecule has 0 aliphatic carbocycles. The third-order valence-electron chi connectivity index (χ3n) is 6.68. The summed E-state index contributed by atoms with van der Waals surface area (Å²) in [6.45, 7) is 11.2. The predicted octanol–water partition coefficient (Wildman–Crippen LogP) is 5.88. The van der Waals surface area contributed by atoms with Gasteiger partial charge < -0.3 is 25.2 Å². The molecule has 1 aliphatic rings. The number of benzene rings is 2. The van der Waals surface area contributed by atoms with Crippen LogP contribution in [-0.2, 0) is 11.2 Å². The molecule has 0 radical (unpaired) electrons. The van der Waals surface area contributed by atoms with Gasteiger partial charge in [-0.05, 0) is 61.4 Å². The SMILES string of the molecule is CCCCC(Oc1ccc(C(N)=NO)cc1)Oc1ccc(-c2nc(C(C)C)sc2CCN2CCOCC2)cc1. The van der Waals surface area contributed by atoms with E-state index in [1.807, 2.05) is 23.5 Å². The van der Waals surface area contributed by atoms with Gasteiger partial charge in [-0.3, -0.25) is 4.90 Å². The molecule has 4 rings (SSSR count). The molecule has 0 bridgehead atoms. The second kappa shape index (κ2) is 14.3. The van der Waals surface area contributed by atoms with Gasteiger partial charge in [0.15, 0.2) is 5.84 Å². The van der Waals surface area contributed by atoms with Crippen molar-refractivity contribution >= 4 is 17.2 Å². The lowest BCUT2D eigenvalue weighted by atomic mass is 10.1. The van der Waals surface area contributed by atoms with Crippen molar-refractivity contribution in [2.75, 3.05) is 32.8 Å². The van der Waals surface area contributed by atoms with Crippen LogP contribution in [0.15, 0.2) is 53.7 Å².